The van der Waals surface area contributed by atoms with Gasteiger partial charge in [0.1, 0.15) is 11.7 Å². The molecule has 2 aliphatic heterocycles. The molecule has 2 heterocycles. The van der Waals surface area contributed by atoms with E-state index in [9.17, 15) is 27.6 Å². The van der Waals surface area contributed by atoms with Gasteiger partial charge in [-0.2, -0.15) is 8.42 Å². The van der Waals surface area contributed by atoms with Gasteiger partial charge >= 0.3 is 23.9 Å². The maximum absolute atomic E-state index is 11.8. The Labute approximate surface area is 191 Å². The second-order valence-corrected chi connectivity index (χ2v) is 9.45. The van der Waals surface area contributed by atoms with Crippen LogP contribution in [0.2, 0.25) is 0 Å². The smallest absolute Gasteiger partial charge is 0.305 e. The summed E-state index contributed by atoms with van der Waals surface area (Å²) in [5, 5.41) is 0. The molecule has 188 valence electrons. The van der Waals surface area contributed by atoms with Crippen LogP contribution in [0.4, 0.5) is 0 Å². The molecule has 0 saturated carbocycles. The summed E-state index contributed by atoms with van der Waals surface area (Å²) in [7, 11) is -3.81. The van der Waals surface area contributed by atoms with Crippen molar-refractivity contribution < 1.29 is 60.2 Å². The van der Waals surface area contributed by atoms with E-state index >= 15 is 0 Å². The van der Waals surface area contributed by atoms with Gasteiger partial charge in [0, 0.05) is 27.7 Å². The van der Waals surface area contributed by atoms with E-state index in [1.165, 1.54) is 0 Å². The first-order valence-electron chi connectivity index (χ1n) is 10.0. The van der Waals surface area contributed by atoms with Crippen LogP contribution < -0.4 is 0 Å². The maximum atomic E-state index is 11.8. The van der Waals surface area contributed by atoms with Crippen LogP contribution in [-0.4, -0.2) is 88.1 Å². The first-order chi connectivity index (χ1) is 15.2. The van der Waals surface area contributed by atoms with Crippen LogP contribution >= 0.6 is 0 Å². The zero-order valence-corrected chi connectivity index (χ0v) is 19.7. The predicted octanol–water partition coefficient (Wildman–Crippen LogP) is -0.405. The highest BCUT2D eigenvalue weighted by Crippen LogP contribution is 2.35. The van der Waals surface area contributed by atoms with Crippen molar-refractivity contribution in [2.75, 3.05) is 19.5 Å². The van der Waals surface area contributed by atoms with Gasteiger partial charge in [0.2, 0.25) is 12.4 Å². The average molecular weight is 496 g/mol. The van der Waals surface area contributed by atoms with Crippen molar-refractivity contribution in [2.24, 2.45) is 0 Å². The van der Waals surface area contributed by atoms with Crippen molar-refractivity contribution in [2.45, 2.75) is 76.8 Å². The Bertz CT molecular complexity index is 863. The lowest BCUT2D eigenvalue weighted by Crippen LogP contribution is -2.62. The van der Waals surface area contributed by atoms with Crippen molar-refractivity contribution in [1.82, 2.24) is 0 Å². The minimum absolute atomic E-state index is 0.00183. The Morgan fingerprint density at radius 3 is 1.73 bits per heavy atom. The second kappa shape index (κ2) is 10.8. The zero-order chi connectivity index (χ0) is 25.0. The van der Waals surface area contributed by atoms with E-state index in [1.54, 1.807) is 0 Å². The molecular formula is C19H28O13S. The number of esters is 4. The SMILES string of the molecule is CC(=O)O[C@H]1O[C@H](CCC2(OS(C)(=O)=O)COC2)[C@@H](OC(C)=O)[C@H](OC(C)=O)[C@@H]1OC(C)=O. The van der Waals surface area contributed by atoms with E-state index in [0.717, 1.165) is 34.0 Å². The zero-order valence-electron chi connectivity index (χ0n) is 18.9. The lowest BCUT2D eigenvalue weighted by molar-refractivity contribution is -0.298. The van der Waals surface area contributed by atoms with Crippen LogP contribution in [-0.2, 0) is 61.9 Å². The van der Waals surface area contributed by atoms with Gasteiger partial charge in [-0.25, -0.2) is 0 Å². The van der Waals surface area contributed by atoms with Gasteiger partial charge in [0.05, 0.1) is 19.5 Å². The summed E-state index contributed by atoms with van der Waals surface area (Å²) in [6.07, 6.45) is -5.58. The van der Waals surface area contributed by atoms with Gasteiger partial charge in [-0.05, 0) is 12.8 Å². The highest BCUT2D eigenvalue weighted by molar-refractivity contribution is 7.86. The third-order valence-electron chi connectivity index (χ3n) is 4.72. The van der Waals surface area contributed by atoms with Crippen LogP contribution in [0.25, 0.3) is 0 Å². The normalized spacial score (nSPS) is 28.7. The first kappa shape index (κ1) is 27.0. The number of rotatable bonds is 9. The highest BCUT2D eigenvalue weighted by Gasteiger charge is 2.54. The summed E-state index contributed by atoms with van der Waals surface area (Å²) in [5.41, 5.74) is -1.15. The molecule has 0 aromatic carbocycles. The average Bonchev–Trinajstić information content (AvgIpc) is 2.60. The van der Waals surface area contributed by atoms with Crippen LogP contribution in [0.3, 0.4) is 0 Å². The van der Waals surface area contributed by atoms with Crippen molar-refractivity contribution in [3.63, 3.8) is 0 Å². The summed E-state index contributed by atoms with van der Waals surface area (Å²) < 4.78 is 60.3. The Kier molecular flexibility index (Phi) is 8.79. The fourth-order valence-corrected chi connectivity index (χ4v) is 4.46. The lowest BCUT2D eigenvalue weighted by Gasteiger charge is -2.45. The largest absolute Gasteiger partial charge is 0.456 e. The van der Waals surface area contributed by atoms with Gasteiger partial charge in [0.15, 0.2) is 12.2 Å². The van der Waals surface area contributed by atoms with E-state index in [0.29, 0.717) is 0 Å². The van der Waals surface area contributed by atoms with Crippen LogP contribution in [0, 0.1) is 0 Å². The number of ether oxygens (including phenoxy) is 6. The summed E-state index contributed by atoms with van der Waals surface area (Å²) >= 11 is 0. The third kappa shape index (κ3) is 7.91. The van der Waals surface area contributed by atoms with E-state index in [-0.39, 0.29) is 26.1 Å². The number of hydrogen-bond donors (Lipinski definition) is 0. The Morgan fingerprint density at radius 1 is 0.818 bits per heavy atom. The van der Waals surface area contributed by atoms with Gasteiger partial charge in [-0.15, -0.1) is 0 Å². The molecule has 0 spiro atoms. The van der Waals surface area contributed by atoms with Crippen molar-refractivity contribution >= 4 is 34.0 Å². The molecule has 13 nitrogen and oxygen atoms in total. The Hall–Kier alpha value is -2.29. The van der Waals surface area contributed by atoms with Gasteiger partial charge in [-0.1, -0.05) is 0 Å². The van der Waals surface area contributed by atoms with Gasteiger partial charge in [-0.3, -0.25) is 23.4 Å². The van der Waals surface area contributed by atoms with Gasteiger partial charge in [0.25, 0.3) is 10.1 Å². The molecule has 5 atom stereocenters. The van der Waals surface area contributed by atoms with Crippen LogP contribution in [0.5, 0.6) is 0 Å². The first-order valence-corrected chi connectivity index (χ1v) is 11.9. The fourth-order valence-electron chi connectivity index (χ4n) is 3.64. The molecule has 2 saturated heterocycles. The molecule has 0 bridgehead atoms. The number of carbonyl (C=O) groups is 4. The fraction of sp³-hybridized carbons (Fsp3) is 0.789. The number of carbonyl (C=O) groups excluding carboxylic acids is 4. The molecule has 0 aromatic rings. The predicted molar refractivity (Wildman–Crippen MR) is 106 cm³/mol. The Morgan fingerprint density at radius 2 is 1.30 bits per heavy atom. The molecule has 2 rings (SSSR count). The third-order valence-corrected chi connectivity index (χ3v) is 5.38. The van der Waals surface area contributed by atoms with E-state index < -0.39 is 70.3 Å². The number of hydrogen-bond acceptors (Lipinski definition) is 13. The van der Waals surface area contributed by atoms with Gasteiger partial charge < -0.3 is 28.4 Å². The quantitative estimate of drug-likeness (QED) is 0.230. The van der Waals surface area contributed by atoms with Crippen molar-refractivity contribution in [3.8, 4) is 0 Å². The highest BCUT2D eigenvalue weighted by atomic mass is 32.2. The molecule has 0 aliphatic carbocycles. The maximum Gasteiger partial charge on any atom is 0.305 e. The monoisotopic (exact) mass is 496 g/mol. The molecule has 0 amide bonds. The Balaban J connectivity index is 2.36. The van der Waals surface area contributed by atoms with E-state index in [2.05, 4.69) is 0 Å². The summed E-state index contributed by atoms with van der Waals surface area (Å²) in [6, 6.07) is 0. The van der Waals surface area contributed by atoms with Crippen molar-refractivity contribution in [1.29, 1.82) is 0 Å². The molecule has 0 unspecified atom stereocenters. The molecule has 0 N–H and O–H groups in total. The molecule has 0 aromatic heterocycles. The molecule has 2 aliphatic rings. The van der Waals surface area contributed by atoms with Crippen LogP contribution in [0.15, 0.2) is 0 Å². The summed E-state index contributed by atoms with van der Waals surface area (Å²) in [4.78, 5) is 46.9. The topological polar surface area (TPSA) is 167 Å². The van der Waals surface area contributed by atoms with Crippen molar-refractivity contribution in [3.05, 3.63) is 0 Å². The molecular weight excluding hydrogens is 468 g/mol. The molecule has 0 radical (unpaired) electrons. The van der Waals surface area contributed by atoms with Crippen LogP contribution in [0.1, 0.15) is 40.5 Å². The van der Waals surface area contributed by atoms with E-state index in [1.807, 2.05) is 0 Å². The molecule has 33 heavy (non-hydrogen) atoms. The summed E-state index contributed by atoms with van der Waals surface area (Å²) in [5.74, 6) is -3.08. The standard InChI is InChI=1S/C19H28O13S/c1-10(20)27-15-14(6-7-19(8-26-9-19)32-33(5,24)25)31-18(30-13(4)23)17(29-12(3)22)16(15)28-11(2)21/h14-18H,6-9H2,1-5H3/t14-,15-,16+,17+,18+/m1/s1. The van der Waals surface area contributed by atoms with E-state index in [4.69, 9.17) is 32.6 Å². The molecule has 14 heteroatoms. The lowest BCUT2D eigenvalue weighted by atomic mass is 9.89. The molecule has 2 fully saturated rings. The minimum atomic E-state index is -3.81. The minimum Gasteiger partial charge on any atom is -0.456 e. The summed E-state index contributed by atoms with van der Waals surface area (Å²) in [6.45, 7) is 4.41. The second-order valence-electron chi connectivity index (χ2n) is 7.88.